The Hall–Kier alpha value is -0.570. The van der Waals surface area contributed by atoms with Crippen LogP contribution in [-0.2, 0) is 4.74 Å². The molecule has 1 aliphatic carbocycles. The van der Waals surface area contributed by atoms with Crippen molar-refractivity contribution < 1.29 is 4.74 Å². The van der Waals surface area contributed by atoms with E-state index >= 15 is 0 Å². The van der Waals surface area contributed by atoms with Gasteiger partial charge in [0.15, 0.2) is 0 Å². The molecular formula is C18H28ClNO. The topological polar surface area (TPSA) is 21.3 Å². The van der Waals surface area contributed by atoms with E-state index in [1.54, 1.807) is 0 Å². The Morgan fingerprint density at radius 2 is 2.24 bits per heavy atom. The summed E-state index contributed by atoms with van der Waals surface area (Å²) >= 11 is 6.14. The molecule has 1 fully saturated rings. The van der Waals surface area contributed by atoms with Crippen molar-refractivity contribution in [3.05, 3.63) is 34.9 Å². The summed E-state index contributed by atoms with van der Waals surface area (Å²) in [7, 11) is 0. The molecule has 0 heterocycles. The molecule has 2 nitrogen and oxygen atoms in total. The van der Waals surface area contributed by atoms with Crippen molar-refractivity contribution in [1.29, 1.82) is 0 Å². The third-order valence-electron chi connectivity index (χ3n) is 4.22. The number of rotatable bonds is 7. The molecule has 0 saturated heterocycles. The van der Waals surface area contributed by atoms with Gasteiger partial charge in [-0.05, 0) is 49.4 Å². The first-order chi connectivity index (χ1) is 10.2. The van der Waals surface area contributed by atoms with Crippen molar-refractivity contribution in [2.45, 2.75) is 58.2 Å². The predicted octanol–water partition coefficient (Wildman–Crippen LogP) is 4.98. The van der Waals surface area contributed by atoms with Gasteiger partial charge in [0.2, 0.25) is 0 Å². The molecule has 0 radical (unpaired) electrons. The van der Waals surface area contributed by atoms with Crippen LogP contribution in [-0.4, -0.2) is 19.2 Å². The minimum atomic E-state index is 0.102. The lowest BCUT2D eigenvalue weighted by atomic mass is 9.88. The van der Waals surface area contributed by atoms with Gasteiger partial charge in [-0.1, -0.05) is 50.4 Å². The average Bonchev–Trinajstić information content (AvgIpc) is 2.46. The summed E-state index contributed by atoms with van der Waals surface area (Å²) < 4.78 is 6.43. The van der Waals surface area contributed by atoms with Crippen LogP contribution in [0.1, 0.15) is 57.6 Å². The maximum Gasteiger partial charge on any atom is 0.0953 e. The van der Waals surface area contributed by atoms with Gasteiger partial charge < -0.3 is 10.1 Å². The van der Waals surface area contributed by atoms with Crippen LogP contribution in [0.4, 0.5) is 0 Å². The molecule has 0 aromatic heterocycles. The van der Waals surface area contributed by atoms with E-state index in [2.05, 4.69) is 25.2 Å². The first-order valence-corrected chi connectivity index (χ1v) is 8.68. The summed E-state index contributed by atoms with van der Waals surface area (Å²) in [6.45, 7) is 6.41. The second-order valence-corrected chi connectivity index (χ2v) is 6.71. The highest BCUT2D eigenvalue weighted by Gasteiger charge is 2.23. The average molecular weight is 310 g/mol. The van der Waals surface area contributed by atoms with Gasteiger partial charge in [0.1, 0.15) is 0 Å². The molecule has 1 aromatic rings. The van der Waals surface area contributed by atoms with Crippen LogP contribution < -0.4 is 5.32 Å². The van der Waals surface area contributed by atoms with Crippen molar-refractivity contribution in [3.8, 4) is 0 Å². The molecule has 1 saturated carbocycles. The van der Waals surface area contributed by atoms with Gasteiger partial charge in [0.05, 0.1) is 12.2 Å². The van der Waals surface area contributed by atoms with Crippen LogP contribution in [0.2, 0.25) is 5.02 Å². The summed E-state index contributed by atoms with van der Waals surface area (Å²) in [5.74, 6) is 0.785. The van der Waals surface area contributed by atoms with Crippen LogP contribution in [0.5, 0.6) is 0 Å². The quantitative estimate of drug-likeness (QED) is 0.717. The van der Waals surface area contributed by atoms with Crippen LogP contribution in [0, 0.1) is 5.92 Å². The Balaban J connectivity index is 2.00. The summed E-state index contributed by atoms with van der Waals surface area (Å²) in [4.78, 5) is 0. The largest absolute Gasteiger partial charge is 0.369 e. The Bertz CT molecular complexity index is 423. The molecule has 118 valence electrons. The van der Waals surface area contributed by atoms with E-state index in [-0.39, 0.29) is 6.10 Å². The SMILES string of the molecule is CCCNCC(OC1CCCC(C)C1)c1cccc(Cl)c1. The van der Waals surface area contributed by atoms with E-state index in [4.69, 9.17) is 16.3 Å². The van der Waals surface area contributed by atoms with Gasteiger partial charge in [-0.3, -0.25) is 0 Å². The summed E-state index contributed by atoms with van der Waals surface area (Å²) in [6.07, 6.45) is 6.64. The van der Waals surface area contributed by atoms with Crippen molar-refractivity contribution >= 4 is 11.6 Å². The van der Waals surface area contributed by atoms with Gasteiger partial charge in [-0.15, -0.1) is 0 Å². The van der Waals surface area contributed by atoms with Crippen molar-refractivity contribution in [1.82, 2.24) is 5.32 Å². The third-order valence-corrected chi connectivity index (χ3v) is 4.46. The van der Waals surface area contributed by atoms with Crippen molar-refractivity contribution in [2.24, 2.45) is 5.92 Å². The minimum Gasteiger partial charge on any atom is -0.369 e. The monoisotopic (exact) mass is 309 g/mol. The Kier molecular flexibility index (Phi) is 7.01. The zero-order chi connectivity index (χ0) is 15.1. The van der Waals surface area contributed by atoms with Crippen LogP contribution in [0.15, 0.2) is 24.3 Å². The molecule has 3 atom stereocenters. The molecule has 0 bridgehead atoms. The molecule has 2 rings (SSSR count). The highest BCUT2D eigenvalue weighted by Crippen LogP contribution is 2.30. The fourth-order valence-electron chi connectivity index (χ4n) is 3.10. The molecule has 3 unspecified atom stereocenters. The normalized spacial score (nSPS) is 24.0. The Morgan fingerprint density at radius 1 is 1.38 bits per heavy atom. The first-order valence-electron chi connectivity index (χ1n) is 8.30. The fourth-order valence-corrected chi connectivity index (χ4v) is 3.29. The standard InChI is InChI=1S/C18H28ClNO/c1-3-10-20-13-18(15-7-5-8-16(19)12-15)21-17-9-4-6-14(2)11-17/h5,7-8,12,14,17-18,20H,3-4,6,9-11,13H2,1-2H3. The predicted molar refractivity (Wildman–Crippen MR) is 89.9 cm³/mol. The summed E-state index contributed by atoms with van der Waals surface area (Å²) in [6, 6.07) is 8.09. The van der Waals surface area contributed by atoms with E-state index in [9.17, 15) is 0 Å². The van der Waals surface area contributed by atoms with Crippen LogP contribution >= 0.6 is 11.6 Å². The summed E-state index contributed by atoms with van der Waals surface area (Å²) in [5.41, 5.74) is 1.18. The van der Waals surface area contributed by atoms with Gasteiger partial charge >= 0.3 is 0 Å². The van der Waals surface area contributed by atoms with E-state index in [1.165, 1.54) is 31.2 Å². The molecule has 0 spiro atoms. The molecular weight excluding hydrogens is 282 g/mol. The fraction of sp³-hybridized carbons (Fsp3) is 0.667. The van der Waals surface area contributed by atoms with E-state index in [1.807, 2.05) is 18.2 Å². The van der Waals surface area contributed by atoms with E-state index in [0.717, 1.165) is 30.5 Å². The number of halogens is 1. The zero-order valence-corrected chi connectivity index (χ0v) is 14.0. The van der Waals surface area contributed by atoms with Crippen molar-refractivity contribution in [2.75, 3.05) is 13.1 Å². The third kappa shape index (κ3) is 5.61. The molecule has 1 aromatic carbocycles. The molecule has 0 aliphatic heterocycles. The lowest BCUT2D eigenvalue weighted by molar-refractivity contribution is -0.0394. The zero-order valence-electron chi connectivity index (χ0n) is 13.3. The number of hydrogen-bond donors (Lipinski definition) is 1. The van der Waals surface area contributed by atoms with Gasteiger partial charge in [0, 0.05) is 11.6 Å². The Labute approximate surface area is 134 Å². The number of benzene rings is 1. The highest BCUT2D eigenvalue weighted by atomic mass is 35.5. The van der Waals surface area contributed by atoms with Gasteiger partial charge in [-0.2, -0.15) is 0 Å². The Morgan fingerprint density at radius 3 is 2.95 bits per heavy atom. The second-order valence-electron chi connectivity index (χ2n) is 6.28. The maximum atomic E-state index is 6.43. The molecule has 21 heavy (non-hydrogen) atoms. The van der Waals surface area contributed by atoms with Gasteiger partial charge in [-0.25, -0.2) is 0 Å². The maximum absolute atomic E-state index is 6.43. The number of hydrogen-bond acceptors (Lipinski definition) is 2. The lowest BCUT2D eigenvalue weighted by Crippen LogP contribution is -2.29. The molecule has 3 heteroatoms. The lowest BCUT2D eigenvalue weighted by Gasteiger charge is -2.31. The van der Waals surface area contributed by atoms with Crippen LogP contribution in [0.3, 0.4) is 0 Å². The molecule has 1 N–H and O–H groups in total. The van der Waals surface area contributed by atoms with E-state index < -0.39 is 0 Å². The van der Waals surface area contributed by atoms with Gasteiger partial charge in [0.25, 0.3) is 0 Å². The molecule has 1 aliphatic rings. The number of nitrogens with one attached hydrogen (secondary N) is 1. The van der Waals surface area contributed by atoms with E-state index in [0.29, 0.717) is 6.10 Å². The summed E-state index contributed by atoms with van der Waals surface area (Å²) in [5, 5.41) is 4.27. The minimum absolute atomic E-state index is 0.102. The number of ether oxygens (including phenoxy) is 1. The van der Waals surface area contributed by atoms with Crippen molar-refractivity contribution in [3.63, 3.8) is 0 Å². The first kappa shape index (κ1) is 16.8. The van der Waals surface area contributed by atoms with Crippen LogP contribution in [0.25, 0.3) is 0 Å². The molecule has 0 amide bonds. The highest BCUT2D eigenvalue weighted by molar-refractivity contribution is 6.30. The smallest absolute Gasteiger partial charge is 0.0953 e. The second kappa shape index (κ2) is 8.77.